The van der Waals surface area contributed by atoms with Gasteiger partial charge in [0.2, 0.25) is 11.8 Å². The van der Waals surface area contributed by atoms with E-state index in [4.69, 9.17) is 5.11 Å². The number of benzene rings is 2. The molecule has 4 rings (SSSR count). The largest absolute Gasteiger partial charge is 0.481 e. The summed E-state index contributed by atoms with van der Waals surface area (Å²) >= 11 is 6.64. The van der Waals surface area contributed by atoms with Gasteiger partial charge in [0, 0.05) is 46.3 Å². The first-order valence-corrected chi connectivity index (χ1v) is 11.7. The molecular weight excluding hydrogens is 560 g/mol. The minimum Gasteiger partial charge on any atom is -0.481 e. The van der Waals surface area contributed by atoms with E-state index in [1.807, 2.05) is 36.4 Å². The molecule has 174 valence electrons. The quantitative estimate of drug-likeness (QED) is 0.550. The van der Waals surface area contributed by atoms with Crippen molar-refractivity contribution in [1.82, 2.24) is 0 Å². The van der Waals surface area contributed by atoms with E-state index in [0.717, 1.165) is 20.3 Å². The molecule has 2 saturated heterocycles. The maximum atomic E-state index is 11.8. The summed E-state index contributed by atoms with van der Waals surface area (Å²) in [6, 6.07) is 14.7. The smallest absolute Gasteiger partial charge is 0.311 e. The number of methoxy groups -OCH3 is 1. The van der Waals surface area contributed by atoms with Crippen LogP contribution in [0.2, 0.25) is 0 Å². The highest BCUT2D eigenvalue weighted by molar-refractivity contribution is 9.10. The Bertz CT molecular complexity index is 1040. The van der Waals surface area contributed by atoms with Gasteiger partial charge >= 0.3 is 11.9 Å². The molecule has 0 saturated carbocycles. The fraction of sp³-hybridized carbons (Fsp3) is 0.304. The van der Waals surface area contributed by atoms with Crippen molar-refractivity contribution < 1.29 is 29.0 Å². The minimum absolute atomic E-state index is 0.0391. The van der Waals surface area contributed by atoms with Crippen molar-refractivity contribution >= 4 is 67.0 Å². The number of aliphatic carboxylic acids is 1. The van der Waals surface area contributed by atoms with Gasteiger partial charge in [0.05, 0.1) is 18.9 Å². The van der Waals surface area contributed by atoms with E-state index in [1.165, 1.54) is 12.0 Å². The SMILES string of the molecule is COC(=O)C1CC(=O)N(c2ccc(Br)cc2)C1.O=C(O)C1CC(=O)N(c2ccc(Br)cc2)C1. The summed E-state index contributed by atoms with van der Waals surface area (Å²) in [7, 11) is 1.34. The molecule has 0 radical (unpaired) electrons. The summed E-state index contributed by atoms with van der Waals surface area (Å²) in [5, 5.41) is 8.85. The van der Waals surface area contributed by atoms with Crippen LogP contribution in [0.3, 0.4) is 0 Å². The zero-order chi connectivity index (χ0) is 24.1. The molecule has 0 aromatic heterocycles. The van der Waals surface area contributed by atoms with Gasteiger partial charge in [0.15, 0.2) is 0 Å². The van der Waals surface area contributed by atoms with Crippen LogP contribution in [0.1, 0.15) is 12.8 Å². The van der Waals surface area contributed by atoms with Crippen LogP contribution in [0.4, 0.5) is 11.4 Å². The van der Waals surface area contributed by atoms with Gasteiger partial charge in [-0.15, -0.1) is 0 Å². The van der Waals surface area contributed by atoms with Gasteiger partial charge in [-0.2, -0.15) is 0 Å². The summed E-state index contributed by atoms with van der Waals surface area (Å²) in [6.45, 7) is 0.656. The molecule has 2 aromatic carbocycles. The predicted octanol–water partition coefficient (Wildman–Crippen LogP) is 3.86. The predicted molar refractivity (Wildman–Crippen MR) is 129 cm³/mol. The third kappa shape index (κ3) is 6.20. The molecule has 8 nitrogen and oxygen atoms in total. The van der Waals surface area contributed by atoms with Gasteiger partial charge < -0.3 is 19.6 Å². The Hall–Kier alpha value is -2.72. The number of amides is 2. The lowest BCUT2D eigenvalue weighted by molar-refractivity contribution is -0.145. The molecule has 0 aliphatic carbocycles. The Morgan fingerprint density at radius 3 is 1.58 bits per heavy atom. The average Bonchev–Trinajstić information content (AvgIpc) is 3.38. The van der Waals surface area contributed by atoms with Crippen LogP contribution in [0.15, 0.2) is 57.5 Å². The molecule has 2 aromatic rings. The maximum Gasteiger partial charge on any atom is 0.311 e. The lowest BCUT2D eigenvalue weighted by Crippen LogP contribution is -2.26. The Labute approximate surface area is 207 Å². The first-order chi connectivity index (χ1) is 15.7. The van der Waals surface area contributed by atoms with Crippen molar-refractivity contribution in [3.8, 4) is 0 Å². The normalized spacial score (nSPS) is 19.8. The number of nitrogens with zero attached hydrogens (tertiary/aromatic N) is 2. The van der Waals surface area contributed by atoms with E-state index in [1.54, 1.807) is 17.0 Å². The number of rotatable bonds is 4. The van der Waals surface area contributed by atoms with Crippen LogP contribution in [0, 0.1) is 11.8 Å². The van der Waals surface area contributed by atoms with Crippen molar-refractivity contribution in [2.45, 2.75) is 12.8 Å². The van der Waals surface area contributed by atoms with Crippen LogP contribution in [0.5, 0.6) is 0 Å². The number of hydrogen-bond donors (Lipinski definition) is 1. The van der Waals surface area contributed by atoms with Crippen molar-refractivity contribution in [3.63, 3.8) is 0 Å². The summed E-state index contributed by atoms with van der Waals surface area (Å²) in [4.78, 5) is 48.7. The van der Waals surface area contributed by atoms with Crippen molar-refractivity contribution in [3.05, 3.63) is 57.5 Å². The number of ether oxygens (including phenoxy) is 1. The second-order valence-electron chi connectivity index (χ2n) is 7.63. The summed E-state index contributed by atoms with van der Waals surface area (Å²) in [5.41, 5.74) is 1.56. The van der Waals surface area contributed by atoms with E-state index in [0.29, 0.717) is 6.54 Å². The van der Waals surface area contributed by atoms with Gasteiger partial charge in [-0.25, -0.2) is 0 Å². The molecule has 2 atom stereocenters. The molecule has 2 amide bonds. The fourth-order valence-electron chi connectivity index (χ4n) is 3.65. The molecule has 2 unspecified atom stereocenters. The molecule has 1 N–H and O–H groups in total. The van der Waals surface area contributed by atoms with Crippen LogP contribution < -0.4 is 9.80 Å². The number of carbonyl (C=O) groups excluding carboxylic acids is 3. The van der Waals surface area contributed by atoms with Crippen molar-refractivity contribution in [2.24, 2.45) is 11.8 Å². The summed E-state index contributed by atoms with van der Waals surface area (Å²) < 4.78 is 6.54. The van der Waals surface area contributed by atoms with E-state index >= 15 is 0 Å². The number of carboxylic acids is 1. The molecule has 0 spiro atoms. The zero-order valence-corrected chi connectivity index (χ0v) is 20.9. The molecule has 33 heavy (non-hydrogen) atoms. The van der Waals surface area contributed by atoms with E-state index in [9.17, 15) is 19.2 Å². The van der Waals surface area contributed by atoms with E-state index in [-0.39, 0.29) is 43.1 Å². The number of halogens is 2. The van der Waals surface area contributed by atoms with Gasteiger partial charge in [0.25, 0.3) is 0 Å². The van der Waals surface area contributed by atoms with Gasteiger partial charge in [-0.05, 0) is 48.5 Å². The average molecular weight is 582 g/mol. The minimum atomic E-state index is -0.909. The highest BCUT2D eigenvalue weighted by atomic mass is 79.9. The molecule has 2 heterocycles. The first-order valence-electron chi connectivity index (χ1n) is 10.1. The van der Waals surface area contributed by atoms with Crippen molar-refractivity contribution in [2.75, 3.05) is 30.0 Å². The van der Waals surface area contributed by atoms with Gasteiger partial charge in [-0.3, -0.25) is 19.2 Å². The number of hydrogen-bond acceptors (Lipinski definition) is 5. The topological polar surface area (TPSA) is 104 Å². The number of carbonyl (C=O) groups is 4. The lowest BCUT2D eigenvalue weighted by Gasteiger charge is -2.16. The van der Waals surface area contributed by atoms with Gasteiger partial charge in [-0.1, -0.05) is 31.9 Å². The molecule has 2 aliphatic rings. The van der Waals surface area contributed by atoms with Crippen LogP contribution in [-0.4, -0.2) is 49.1 Å². The molecule has 2 fully saturated rings. The van der Waals surface area contributed by atoms with Crippen molar-refractivity contribution in [1.29, 1.82) is 0 Å². The number of esters is 1. The third-order valence-corrected chi connectivity index (χ3v) is 6.47. The zero-order valence-electron chi connectivity index (χ0n) is 17.7. The highest BCUT2D eigenvalue weighted by Gasteiger charge is 2.36. The van der Waals surface area contributed by atoms with E-state index in [2.05, 4.69) is 36.6 Å². The summed E-state index contributed by atoms with van der Waals surface area (Å²) in [5.74, 6) is -2.34. The van der Waals surface area contributed by atoms with Crippen LogP contribution in [0.25, 0.3) is 0 Å². The lowest BCUT2D eigenvalue weighted by atomic mass is 10.1. The Balaban J connectivity index is 0.000000186. The third-order valence-electron chi connectivity index (χ3n) is 5.41. The second kappa shape index (κ2) is 10.9. The fourth-order valence-corrected chi connectivity index (χ4v) is 4.17. The molecule has 0 bridgehead atoms. The number of anilines is 2. The number of carboxylic acid groups (broad SMARTS) is 1. The first kappa shape index (κ1) is 24.9. The molecule has 10 heteroatoms. The van der Waals surface area contributed by atoms with Crippen LogP contribution >= 0.6 is 31.9 Å². The molecular formula is C23H22Br2N2O6. The van der Waals surface area contributed by atoms with E-state index < -0.39 is 11.9 Å². The Morgan fingerprint density at radius 1 is 0.818 bits per heavy atom. The highest BCUT2D eigenvalue weighted by Crippen LogP contribution is 2.27. The van der Waals surface area contributed by atoms with Crippen LogP contribution in [-0.2, 0) is 23.9 Å². The maximum absolute atomic E-state index is 11.8. The Kier molecular flexibility index (Phi) is 8.25. The summed E-state index contributed by atoms with van der Waals surface area (Å²) in [6.07, 6.45) is 0.314. The molecule has 2 aliphatic heterocycles. The van der Waals surface area contributed by atoms with Gasteiger partial charge in [0.1, 0.15) is 0 Å². The monoisotopic (exact) mass is 580 g/mol. The standard InChI is InChI=1S/C12H12BrNO3.C11H10BrNO3/c1-17-12(16)8-6-11(15)14(7-8)10-4-2-9(13)3-5-10;12-8-1-3-9(4-2-8)13-6-7(11(15)16)5-10(13)14/h2-5,8H,6-7H2,1H3;1-4,7H,5-6H2,(H,15,16). The Morgan fingerprint density at radius 2 is 1.21 bits per heavy atom. The second-order valence-corrected chi connectivity index (χ2v) is 9.46.